The predicted octanol–water partition coefficient (Wildman–Crippen LogP) is 4.83. The van der Waals surface area contributed by atoms with Crippen LogP contribution in [0.15, 0.2) is 79.4 Å². The van der Waals surface area contributed by atoms with E-state index in [1.54, 1.807) is 12.5 Å². The number of nitrogens with zero attached hydrogens (tertiary/aromatic N) is 7. The van der Waals surface area contributed by atoms with Gasteiger partial charge in [-0.15, -0.1) is 0 Å². The lowest BCUT2D eigenvalue weighted by Gasteiger charge is -2.34. The van der Waals surface area contributed by atoms with Crippen LogP contribution in [0.1, 0.15) is 48.6 Å². The molecule has 178 valence electrons. The summed E-state index contributed by atoms with van der Waals surface area (Å²) < 4.78 is 1.88. The zero-order valence-corrected chi connectivity index (χ0v) is 19.9. The zero-order valence-electron chi connectivity index (χ0n) is 19.9. The third kappa shape index (κ3) is 4.76. The van der Waals surface area contributed by atoms with Gasteiger partial charge in [-0.3, -0.25) is 4.57 Å². The van der Waals surface area contributed by atoms with E-state index in [-0.39, 0.29) is 0 Å². The lowest BCUT2D eigenvalue weighted by Crippen LogP contribution is -2.37. The van der Waals surface area contributed by atoms with Crippen LogP contribution in [-0.4, -0.2) is 50.7 Å². The molecule has 0 spiro atoms. The Bertz CT molecular complexity index is 1130. The highest BCUT2D eigenvalue weighted by molar-refractivity contribution is 5.43. The third-order valence-corrected chi connectivity index (χ3v) is 7.43. The van der Waals surface area contributed by atoms with Gasteiger partial charge in [-0.05, 0) is 48.6 Å². The second-order valence-electron chi connectivity index (χ2n) is 9.55. The molecule has 7 nitrogen and oxygen atoms in total. The van der Waals surface area contributed by atoms with Gasteiger partial charge in [0.15, 0.2) is 0 Å². The second kappa shape index (κ2) is 9.86. The summed E-state index contributed by atoms with van der Waals surface area (Å²) in [5.74, 6) is 3.38. The molecule has 2 aliphatic heterocycles. The third-order valence-electron chi connectivity index (χ3n) is 7.43. The Balaban J connectivity index is 1.21. The molecule has 0 atom stereocenters. The first-order valence-corrected chi connectivity index (χ1v) is 12.7. The molecular formula is C28H31N7. The highest BCUT2D eigenvalue weighted by Gasteiger charge is 2.26. The van der Waals surface area contributed by atoms with Crippen molar-refractivity contribution in [1.82, 2.24) is 24.5 Å². The minimum absolute atomic E-state index is 0.596. The maximum atomic E-state index is 4.98. The van der Waals surface area contributed by atoms with E-state index in [4.69, 9.17) is 15.0 Å². The first-order chi connectivity index (χ1) is 17.3. The minimum Gasteiger partial charge on any atom is -0.341 e. The van der Waals surface area contributed by atoms with Gasteiger partial charge in [-0.25, -0.2) is 4.98 Å². The summed E-state index contributed by atoms with van der Waals surface area (Å²) in [6.07, 6.45) is 9.84. The molecule has 2 aromatic carbocycles. The van der Waals surface area contributed by atoms with Crippen LogP contribution in [0.5, 0.6) is 0 Å². The first-order valence-electron chi connectivity index (χ1n) is 12.7. The minimum atomic E-state index is 0.596. The van der Waals surface area contributed by atoms with Crippen LogP contribution >= 0.6 is 0 Å². The Morgan fingerprint density at radius 1 is 0.571 bits per heavy atom. The monoisotopic (exact) mass is 465 g/mol. The summed E-state index contributed by atoms with van der Waals surface area (Å²) in [7, 11) is 0. The van der Waals surface area contributed by atoms with Crippen molar-refractivity contribution < 1.29 is 0 Å². The van der Waals surface area contributed by atoms with Crippen LogP contribution in [0.2, 0.25) is 0 Å². The van der Waals surface area contributed by atoms with Gasteiger partial charge in [0.25, 0.3) is 0 Å². The van der Waals surface area contributed by atoms with Gasteiger partial charge in [-0.2, -0.15) is 15.0 Å². The molecule has 4 heterocycles. The largest absolute Gasteiger partial charge is 0.341 e. The molecule has 6 rings (SSSR count). The summed E-state index contributed by atoms with van der Waals surface area (Å²) in [4.78, 5) is 23.5. The molecule has 4 aromatic rings. The number of hydrogen-bond donors (Lipinski definition) is 0. The van der Waals surface area contributed by atoms with Crippen molar-refractivity contribution in [3.63, 3.8) is 0 Å². The Morgan fingerprint density at radius 3 is 1.46 bits per heavy atom. The van der Waals surface area contributed by atoms with Gasteiger partial charge in [-0.1, -0.05) is 60.7 Å². The van der Waals surface area contributed by atoms with Crippen molar-refractivity contribution in [2.45, 2.75) is 37.5 Å². The predicted molar refractivity (Wildman–Crippen MR) is 138 cm³/mol. The second-order valence-corrected chi connectivity index (χ2v) is 9.55. The molecule has 2 fully saturated rings. The highest BCUT2D eigenvalue weighted by Crippen LogP contribution is 2.32. The van der Waals surface area contributed by atoms with Crippen molar-refractivity contribution in [1.29, 1.82) is 0 Å². The van der Waals surface area contributed by atoms with Crippen molar-refractivity contribution in [2.75, 3.05) is 36.0 Å². The van der Waals surface area contributed by atoms with E-state index in [0.717, 1.165) is 63.8 Å². The smallest absolute Gasteiger partial charge is 0.241 e. The van der Waals surface area contributed by atoms with Crippen LogP contribution < -0.4 is 9.80 Å². The quantitative estimate of drug-likeness (QED) is 0.421. The molecule has 2 saturated heterocycles. The van der Waals surface area contributed by atoms with E-state index >= 15 is 0 Å². The molecule has 0 radical (unpaired) electrons. The molecule has 0 saturated carbocycles. The van der Waals surface area contributed by atoms with E-state index in [0.29, 0.717) is 17.8 Å². The van der Waals surface area contributed by atoms with Crippen molar-refractivity contribution in [3.05, 3.63) is 90.5 Å². The average molecular weight is 466 g/mol. The van der Waals surface area contributed by atoms with Gasteiger partial charge in [0.05, 0.1) is 0 Å². The SMILES string of the molecule is c1ccc(C2CCN(c3nc(N4CCC(c5ccccc5)CC4)nc(-n4ccnc4)n3)CC2)cc1. The number of benzene rings is 2. The number of anilines is 2. The van der Waals surface area contributed by atoms with E-state index in [9.17, 15) is 0 Å². The van der Waals surface area contributed by atoms with Crippen molar-refractivity contribution >= 4 is 11.9 Å². The standard InChI is InChI=1S/C28H31N7/c1-3-7-22(8-4-1)24-11-16-33(17-12-24)26-30-27(32-28(31-26)35-20-15-29-21-35)34-18-13-25(14-19-34)23-9-5-2-6-10-23/h1-10,15,20-21,24-25H,11-14,16-19H2. The van der Waals surface area contributed by atoms with Gasteiger partial charge in [0, 0.05) is 38.6 Å². The molecule has 0 N–H and O–H groups in total. The first kappa shape index (κ1) is 21.8. The summed E-state index contributed by atoms with van der Waals surface area (Å²) in [5.41, 5.74) is 2.87. The maximum Gasteiger partial charge on any atom is 0.241 e. The topological polar surface area (TPSA) is 63.0 Å². The number of rotatable bonds is 5. The van der Waals surface area contributed by atoms with Crippen LogP contribution in [0.25, 0.3) is 5.95 Å². The van der Waals surface area contributed by atoms with Crippen LogP contribution in [-0.2, 0) is 0 Å². The molecule has 35 heavy (non-hydrogen) atoms. The fourth-order valence-corrected chi connectivity index (χ4v) is 5.40. The van der Waals surface area contributed by atoms with Crippen molar-refractivity contribution in [2.24, 2.45) is 0 Å². The molecule has 2 aliphatic rings. The summed E-state index contributed by atoms with van der Waals surface area (Å²) in [6, 6.07) is 21.7. The van der Waals surface area contributed by atoms with E-state index in [1.165, 1.54) is 11.1 Å². The summed E-state index contributed by atoms with van der Waals surface area (Å²) in [5, 5.41) is 0. The normalized spacial score (nSPS) is 17.6. The summed E-state index contributed by atoms with van der Waals surface area (Å²) in [6.45, 7) is 3.79. The van der Waals surface area contributed by atoms with Crippen LogP contribution in [0.4, 0.5) is 11.9 Å². The number of aromatic nitrogens is 5. The van der Waals surface area contributed by atoms with Gasteiger partial charge >= 0.3 is 0 Å². The molecule has 7 heteroatoms. The molecule has 0 amide bonds. The van der Waals surface area contributed by atoms with Gasteiger partial charge < -0.3 is 9.80 Å². The average Bonchev–Trinajstić information content (AvgIpc) is 3.49. The Morgan fingerprint density at radius 2 is 1.03 bits per heavy atom. The lowest BCUT2D eigenvalue weighted by molar-refractivity contribution is 0.491. The number of hydrogen-bond acceptors (Lipinski definition) is 6. The van der Waals surface area contributed by atoms with E-state index in [2.05, 4.69) is 75.4 Å². The van der Waals surface area contributed by atoms with E-state index < -0.39 is 0 Å². The maximum absolute atomic E-state index is 4.98. The number of piperidine rings is 2. The van der Waals surface area contributed by atoms with E-state index in [1.807, 2.05) is 10.8 Å². The highest BCUT2D eigenvalue weighted by atomic mass is 15.4. The fraction of sp³-hybridized carbons (Fsp3) is 0.357. The Labute approximate surface area is 206 Å². The van der Waals surface area contributed by atoms with Crippen LogP contribution in [0.3, 0.4) is 0 Å². The lowest BCUT2D eigenvalue weighted by atomic mass is 9.89. The molecule has 0 aliphatic carbocycles. The summed E-state index contributed by atoms with van der Waals surface area (Å²) >= 11 is 0. The zero-order chi connectivity index (χ0) is 23.5. The molecule has 0 bridgehead atoms. The van der Waals surface area contributed by atoms with Gasteiger partial charge in [0.1, 0.15) is 6.33 Å². The Kier molecular flexibility index (Phi) is 6.13. The molecule has 0 unspecified atom stereocenters. The Hall–Kier alpha value is -3.74. The van der Waals surface area contributed by atoms with Crippen LogP contribution in [0, 0.1) is 0 Å². The number of imidazole rings is 1. The molecule has 2 aromatic heterocycles. The molecular weight excluding hydrogens is 434 g/mol. The van der Waals surface area contributed by atoms with Gasteiger partial charge in [0.2, 0.25) is 17.8 Å². The fourth-order valence-electron chi connectivity index (χ4n) is 5.40. The van der Waals surface area contributed by atoms with Crippen molar-refractivity contribution in [3.8, 4) is 5.95 Å².